The first-order chi connectivity index (χ1) is 8.58. The molecule has 0 amide bonds. The lowest BCUT2D eigenvalue weighted by atomic mass is 10.2. The SMILES string of the molecule is COCCN(CC(C)C)c1ncc(Br)cc1CCl. The number of ether oxygens (including phenoxy) is 1. The fraction of sp³-hybridized carbons (Fsp3) is 0.615. The summed E-state index contributed by atoms with van der Waals surface area (Å²) in [6.45, 7) is 6.85. The summed E-state index contributed by atoms with van der Waals surface area (Å²) in [7, 11) is 1.71. The highest BCUT2D eigenvalue weighted by Crippen LogP contribution is 2.23. The van der Waals surface area contributed by atoms with Crippen molar-refractivity contribution in [3.05, 3.63) is 22.3 Å². The van der Waals surface area contributed by atoms with Crippen molar-refractivity contribution >= 4 is 33.3 Å². The maximum Gasteiger partial charge on any atom is 0.133 e. The summed E-state index contributed by atoms with van der Waals surface area (Å²) in [6.07, 6.45) is 1.81. The van der Waals surface area contributed by atoms with Gasteiger partial charge in [0.15, 0.2) is 0 Å². The molecular weight excluding hydrogens is 316 g/mol. The minimum Gasteiger partial charge on any atom is -0.383 e. The maximum atomic E-state index is 6.00. The molecule has 1 heterocycles. The molecule has 0 fully saturated rings. The van der Waals surface area contributed by atoms with E-state index in [1.807, 2.05) is 12.3 Å². The van der Waals surface area contributed by atoms with E-state index in [4.69, 9.17) is 16.3 Å². The first-order valence-electron chi connectivity index (χ1n) is 6.02. The monoisotopic (exact) mass is 334 g/mol. The zero-order valence-electron chi connectivity index (χ0n) is 11.1. The number of aromatic nitrogens is 1. The predicted octanol–water partition coefficient (Wildman–Crippen LogP) is 3.69. The number of nitrogens with zero attached hydrogens (tertiary/aromatic N) is 2. The normalized spacial score (nSPS) is 11.0. The lowest BCUT2D eigenvalue weighted by Crippen LogP contribution is -2.32. The fourth-order valence-electron chi connectivity index (χ4n) is 1.78. The Hall–Kier alpha value is -0.320. The van der Waals surface area contributed by atoms with Crippen LogP contribution in [0.2, 0.25) is 0 Å². The van der Waals surface area contributed by atoms with Crippen LogP contribution in [0.15, 0.2) is 16.7 Å². The quantitative estimate of drug-likeness (QED) is 0.711. The summed E-state index contributed by atoms with van der Waals surface area (Å²) in [5.41, 5.74) is 1.04. The van der Waals surface area contributed by atoms with Crippen molar-refractivity contribution in [2.75, 3.05) is 31.7 Å². The summed E-state index contributed by atoms with van der Waals surface area (Å²) in [6, 6.07) is 2.02. The first kappa shape index (κ1) is 15.7. The van der Waals surface area contributed by atoms with Crippen LogP contribution in [0.25, 0.3) is 0 Å². The molecule has 0 aliphatic heterocycles. The minimum absolute atomic E-state index is 0.462. The lowest BCUT2D eigenvalue weighted by Gasteiger charge is -2.27. The van der Waals surface area contributed by atoms with Gasteiger partial charge < -0.3 is 9.64 Å². The molecule has 3 nitrogen and oxygen atoms in total. The Bertz CT molecular complexity index is 374. The first-order valence-corrected chi connectivity index (χ1v) is 7.35. The smallest absolute Gasteiger partial charge is 0.133 e. The average Bonchev–Trinajstić information content (AvgIpc) is 2.34. The molecule has 0 unspecified atom stereocenters. The van der Waals surface area contributed by atoms with Crippen LogP contribution in [-0.2, 0) is 10.6 Å². The molecule has 0 bridgehead atoms. The topological polar surface area (TPSA) is 25.4 Å². The van der Waals surface area contributed by atoms with E-state index in [1.54, 1.807) is 7.11 Å². The molecule has 1 rings (SSSR count). The second kappa shape index (κ2) is 7.97. The molecule has 0 saturated heterocycles. The molecule has 0 saturated carbocycles. The summed E-state index contributed by atoms with van der Waals surface area (Å²) >= 11 is 9.43. The second-order valence-corrected chi connectivity index (χ2v) is 5.79. The van der Waals surface area contributed by atoms with Gasteiger partial charge in [0.2, 0.25) is 0 Å². The Morgan fingerprint density at radius 1 is 1.50 bits per heavy atom. The largest absolute Gasteiger partial charge is 0.383 e. The van der Waals surface area contributed by atoms with Gasteiger partial charge in [-0.2, -0.15) is 0 Å². The van der Waals surface area contributed by atoms with E-state index in [2.05, 4.69) is 39.7 Å². The van der Waals surface area contributed by atoms with Gasteiger partial charge in [-0.05, 0) is 27.9 Å². The number of alkyl halides is 1. The van der Waals surface area contributed by atoms with Crippen LogP contribution < -0.4 is 4.90 Å². The second-order valence-electron chi connectivity index (χ2n) is 4.60. The Morgan fingerprint density at radius 2 is 2.22 bits per heavy atom. The number of anilines is 1. The lowest BCUT2D eigenvalue weighted by molar-refractivity contribution is 0.204. The van der Waals surface area contributed by atoms with Gasteiger partial charge in [0.25, 0.3) is 0 Å². The summed E-state index contributed by atoms with van der Waals surface area (Å²) < 4.78 is 6.12. The fourth-order valence-corrected chi connectivity index (χ4v) is 2.36. The van der Waals surface area contributed by atoms with Gasteiger partial charge in [-0.15, -0.1) is 11.6 Å². The molecule has 5 heteroatoms. The summed E-state index contributed by atoms with van der Waals surface area (Å²) in [5.74, 6) is 1.98. The number of methoxy groups -OCH3 is 1. The molecular formula is C13H20BrClN2O. The highest BCUT2D eigenvalue weighted by molar-refractivity contribution is 9.10. The summed E-state index contributed by atoms with van der Waals surface area (Å²) in [5, 5.41) is 0. The van der Waals surface area contributed by atoms with E-state index >= 15 is 0 Å². The molecule has 0 aliphatic rings. The zero-order chi connectivity index (χ0) is 13.5. The molecule has 0 radical (unpaired) electrons. The number of hydrogen-bond acceptors (Lipinski definition) is 3. The predicted molar refractivity (Wildman–Crippen MR) is 80.4 cm³/mol. The van der Waals surface area contributed by atoms with E-state index in [9.17, 15) is 0 Å². The third-order valence-electron chi connectivity index (χ3n) is 2.50. The van der Waals surface area contributed by atoms with Crippen LogP contribution in [-0.4, -0.2) is 31.8 Å². The Morgan fingerprint density at radius 3 is 2.78 bits per heavy atom. The number of halogens is 2. The van der Waals surface area contributed by atoms with E-state index in [0.29, 0.717) is 18.4 Å². The van der Waals surface area contributed by atoms with Gasteiger partial charge in [-0.3, -0.25) is 0 Å². The van der Waals surface area contributed by atoms with Crippen molar-refractivity contribution in [1.82, 2.24) is 4.98 Å². The van der Waals surface area contributed by atoms with Crippen LogP contribution in [0.5, 0.6) is 0 Å². The Balaban J connectivity index is 2.95. The highest BCUT2D eigenvalue weighted by atomic mass is 79.9. The third-order valence-corrected chi connectivity index (χ3v) is 3.23. The maximum absolute atomic E-state index is 6.00. The molecule has 0 N–H and O–H groups in total. The van der Waals surface area contributed by atoms with Gasteiger partial charge in [0.1, 0.15) is 5.82 Å². The average molecular weight is 336 g/mol. The van der Waals surface area contributed by atoms with Crippen molar-refractivity contribution in [2.24, 2.45) is 5.92 Å². The van der Waals surface area contributed by atoms with Crippen LogP contribution in [0.1, 0.15) is 19.4 Å². The Labute approximate surface area is 123 Å². The van der Waals surface area contributed by atoms with Crippen molar-refractivity contribution in [3.8, 4) is 0 Å². The van der Waals surface area contributed by atoms with Crippen LogP contribution in [0.3, 0.4) is 0 Å². The van der Waals surface area contributed by atoms with Gasteiger partial charge in [-0.25, -0.2) is 4.98 Å². The van der Waals surface area contributed by atoms with Crippen molar-refractivity contribution in [1.29, 1.82) is 0 Å². The van der Waals surface area contributed by atoms with Gasteiger partial charge in [0.05, 0.1) is 12.5 Å². The molecule has 0 aliphatic carbocycles. The van der Waals surface area contributed by atoms with E-state index in [-0.39, 0.29) is 0 Å². The van der Waals surface area contributed by atoms with Crippen LogP contribution in [0.4, 0.5) is 5.82 Å². The van der Waals surface area contributed by atoms with Crippen LogP contribution >= 0.6 is 27.5 Å². The van der Waals surface area contributed by atoms with Gasteiger partial charge in [-0.1, -0.05) is 13.8 Å². The molecule has 18 heavy (non-hydrogen) atoms. The number of hydrogen-bond donors (Lipinski definition) is 0. The van der Waals surface area contributed by atoms with Gasteiger partial charge >= 0.3 is 0 Å². The van der Waals surface area contributed by atoms with E-state index in [1.165, 1.54) is 0 Å². The molecule has 0 aromatic carbocycles. The molecule has 1 aromatic heterocycles. The van der Waals surface area contributed by atoms with E-state index < -0.39 is 0 Å². The minimum atomic E-state index is 0.462. The van der Waals surface area contributed by atoms with Crippen molar-refractivity contribution in [3.63, 3.8) is 0 Å². The van der Waals surface area contributed by atoms with Crippen molar-refractivity contribution < 1.29 is 4.74 Å². The molecule has 0 spiro atoms. The van der Waals surface area contributed by atoms with E-state index in [0.717, 1.165) is 28.9 Å². The number of rotatable bonds is 7. The zero-order valence-corrected chi connectivity index (χ0v) is 13.5. The third kappa shape index (κ3) is 4.75. The van der Waals surface area contributed by atoms with Crippen molar-refractivity contribution in [2.45, 2.75) is 19.7 Å². The van der Waals surface area contributed by atoms with Gasteiger partial charge in [0, 0.05) is 36.4 Å². The molecule has 1 aromatic rings. The molecule has 0 atom stereocenters. The summed E-state index contributed by atoms with van der Waals surface area (Å²) in [4.78, 5) is 6.73. The Kier molecular flexibility index (Phi) is 6.97. The highest BCUT2D eigenvalue weighted by Gasteiger charge is 2.14. The van der Waals surface area contributed by atoms with Crippen LogP contribution in [0, 0.1) is 5.92 Å². The standard InChI is InChI=1S/C13H20BrClN2O/c1-10(2)9-17(4-5-18-3)13-11(7-15)6-12(14)8-16-13/h6,8,10H,4-5,7,9H2,1-3H3. The number of pyridine rings is 1. The molecule has 102 valence electrons.